The Morgan fingerprint density at radius 3 is 2.83 bits per heavy atom. The molecule has 5 rings (SSSR count). The van der Waals surface area contributed by atoms with E-state index in [2.05, 4.69) is 23.4 Å². The fraction of sp³-hybridized carbons (Fsp3) is 0.280. The van der Waals surface area contributed by atoms with E-state index < -0.39 is 18.5 Å². The van der Waals surface area contributed by atoms with Crippen LogP contribution in [0.15, 0.2) is 30.3 Å². The summed E-state index contributed by atoms with van der Waals surface area (Å²) in [4.78, 5) is 27.4. The summed E-state index contributed by atoms with van der Waals surface area (Å²) in [5.41, 5.74) is 2.94. The number of carbonyl (C=O) groups excluding carboxylic acids is 2. The summed E-state index contributed by atoms with van der Waals surface area (Å²) in [6, 6.07) is 9.82. The van der Waals surface area contributed by atoms with Crippen LogP contribution in [0.4, 0.5) is 9.39 Å². The number of carbonyl (C=O) groups is 2. The van der Waals surface area contributed by atoms with E-state index in [0.717, 1.165) is 45.6 Å². The quantitative estimate of drug-likeness (QED) is 0.365. The molecular weight excluding hydrogens is 487 g/mol. The maximum atomic E-state index is 13.3. The second-order valence-corrected chi connectivity index (χ2v) is 10.7. The standard InChI is InChI=1S/C25H21FN4O3S2/c1-13-3-8-17-19(11-27)23(34-20(17)9-13)28-22(31)12-33-25(32)21-10-18-14(2)29-30(24(18)35-21)16-6-4-15(26)5-7-16/h4-7,10,13H,3,8-9,12H2,1-2H3,(H,28,31)/t13-/m0/s1. The van der Waals surface area contributed by atoms with Crippen LogP contribution in [0.2, 0.25) is 0 Å². The summed E-state index contributed by atoms with van der Waals surface area (Å²) in [5.74, 6) is -0.901. The lowest BCUT2D eigenvalue weighted by atomic mass is 9.89. The Balaban J connectivity index is 1.28. The van der Waals surface area contributed by atoms with Crippen molar-refractivity contribution in [3.63, 3.8) is 0 Å². The van der Waals surface area contributed by atoms with Crippen molar-refractivity contribution in [1.82, 2.24) is 9.78 Å². The van der Waals surface area contributed by atoms with Gasteiger partial charge >= 0.3 is 5.97 Å². The van der Waals surface area contributed by atoms with Crippen molar-refractivity contribution in [2.24, 2.45) is 5.92 Å². The largest absolute Gasteiger partial charge is 0.451 e. The first-order chi connectivity index (χ1) is 16.8. The van der Waals surface area contributed by atoms with E-state index in [0.29, 0.717) is 27.0 Å². The third-order valence-electron chi connectivity index (χ3n) is 6.03. The number of anilines is 1. The van der Waals surface area contributed by atoms with Crippen LogP contribution >= 0.6 is 22.7 Å². The average molecular weight is 509 g/mol. The van der Waals surface area contributed by atoms with Crippen LogP contribution in [-0.4, -0.2) is 28.3 Å². The molecule has 7 nitrogen and oxygen atoms in total. The van der Waals surface area contributed by atoms with E-state index in [-0.39, 0.29) is 5.82 Å². The van der Waals surface area contributed by atoms with E-state index in [1.165, 1.54) is 34.8 Å². The van der Waals surface area contributed by atoms with Gasteiger partial charge in [-0.3, -0.25) is 4.79 Å². The van der Waals surface area contributed by atoms with Gasteiger partial charge in [0.05, 0.1) is 16.9 Å². The number of aryl methyl sites for hydroxylation is 1. The van der Waals surface area contributed by atoms with E-state index in [1.807, 2.05) is 6.92 Å². The number of nitrogens with one attached hydrogen (secondary N) is 1. The summed E-state index contributed by atoms with van der Waals surface area (Å²) >= 11 is 2.62. The van der Waals surface area contributed by atoms with E-state index >= 15 is 0 Å². The minimum Gasteiger partial charge on any atom is -0.451 e. The SMILES string of the molecule is Cc1nn(-c2ccc(F)cc2)c2sc(C(=O)OCC(=O)Nc3sc4c(c3C#N)CC[C@H](C)C4)cc12. The lowest BCUT2D eigenvalue weighted by Gasteiger charge is -2.17. The molecule has 0 spiro atoms. The van der Waals surface area contributed by atoms with Crippen LogP contribution in [-0.2, 0) is 22.4 Å². The van der Waals surface area contributed by atoms with Crippen LogP contribution in [0.1, 0.15) is 44.7 Å². The van der Waals surface area contributed by atoms with E-state index in [4.69, 9.17) is 4.74 Å². The Morgan fingerprint density at radius 1 is 1.31 bits per heavy atom. The van der Waals surface area contributed by atoms with E-state index in [1.54, 1.807) is 22.9 Å². The molecule has 0 fully saturated rings. The molecule has 0 saturated heterocycles. The van der Waals surface area contributed by atoms with Gasteiger partial charge in [0, 0.05) is 10.3 Å². The molecule has 10 heteroatoms. The van der Waals surface area contributed by atoms with Crippen LogP contribution in [0.25, 0.3) is 15.9 Å². The van der Waals surface area contributed by atoms with Gasteiger partial charge in [0.2, 0.25) is 0 Å². The average Bonchev–Trinajstić information content (AvgIpc) is 3.50. The Kier molecular flexibility index (Phi) is 6.13. The summed E-state index contributed by atoms with van der Waals surface area (Å²) in [5, 5.41) is 18.1. The molecular formula is C25H21FN4O3S2. The third-order valence-corrected chi connectivity index (χ3v) is 8.29. The highest BCUT2D eigenvalue weighted by Gasteiger charge is 2.25. The van der Waals surface area contributed by atoms with Gasteiger partial charge in [-0.2, -0.15) is 10.4 Å². The van der Waals surface area contributed by atoms with Gasteiger partial charge in [0.15, 0.2) is 6.61 Å². The number of nitrogens with zero attached hydrogens (tertiary/aromatic N) is 3. The van der Waals surface area contributed by atoms with Gasteiger partial charge in [-0.05, 0) is 68.0 Å². The molecule has 3 aromatic heterocycles. The smallest absolute Gasteiger partial charge is 0.348 e. The highest BCUT2D eigenvalue weighted by molar-refractivity contribution is 7.20. The van der Waals surface area contributed by atoms with Crippen molar-refractivity contribution >= 4 is 49.8 Å². The predicted molar refractivity (Wildman–Crippen MR) is 133 cm³/mol. The van der Waals surface area contributed by atoms with Crippen molar-refractivity contribution in [3.05, 3.63) is 62.7 Å². The minimum atomic E-state index is -0.619. The number of halogens is 1. The lowest BCUT2D eigenvalue weighted by Crippen LogP contribution is -2.20. The van der Waals surface area contributed by atoms with Crippen molar-refractivity contribution in [3.8, 4) is 11.8 Å². The molecule has 1 aliphatic carbocycles. The molecule has 1 aromatic carbocycles. The third kappa shape index (κ3) is 4.45. The van der Waals surface area contributed by atoms with Crippen molar-refractivity contribution < 1.29 is 18.7 Å². The Morgan fingerprint density at radius 2 is 2.09 bits per heavy atom. The highest BCUT2D eigenvalue weighted by Crippen LogP contribution is 2.39. The molecule has 0 saturated carbocycles. The summed E-state index contributed by atoms with van der Waals surface area (Å²) in [6.07, 6.45) is 2.76. The second-order valence-electron chi connectivity index (χ2n) is 8.60. The topological polar surface area (TPSA) is 97.0 Å². The maximum absolute atomic E-state index is 13.3. The summed E-state index contributed by atoms with van der Waals surface area (Å²) in [7, 11) is 0. The Bertz CT molecular complexity index is 1490. The van der Waals surface area contributed by atoms with Gasteiger partial charge in [-0.25, -0.2) is 13.9 Å². The van der Waals surface area contributed by atoms with Crippen molar-refractivity contribution in [1.29, 1.82) is 5.26 Å². The van der Waals surface area contributed by atoms with Gasteiger partial charge < -0.3 is 10.1 Å². The Labute approximate surface area is 208 Å². The van der Waals surface area contributed by atoms with Gasteiger partial charge in [-0.15, -0.1) is 22.7 Å². The molecule has 0 bridgehead atoms. The number of aromatic nitrogens is 2. The van der Waals surface area contributed by atoms with Gasteiger partial charge in [0.25, 0.3) is 5.91 Å². The predicted octanol–water partition coefficient (Wildman–Crippen LogP) is 5.39. The van der Waals surface area contributed by atoms with Crippen molar-refractivity contribution in [2.45, 2.75) is 33.1 Å². The van der Waals surface area contributed by atoms with Crippen molar-refractivity contribution in [2.75, 3.05) is 11.9 Å². The molecule has 1 amide bonds. The monoisotopic (exact) mass is 508 g/mol. The molecule has 178 valence electrons. The molecule has 3 heterocycles. The first kappa shape index (κ1) is 23.2. The van der Waals surface area contributed by atoms with Gasteiger partial charge in [-0.1, -0.05) is 6.92 Å². The number of esters is 1. The van der Waals surface area contributed by atoms with Crippen LogP contribution < -0.4 is 5.32 Å². The molecule has 35 heavy (non-hydrogen) atoms. The lowest BCUT2D eigenvalue weighted by molar-refractivity contribution is -0.119. The minimum absolute atomic E-state index is 0.336. The number of nitriles is 1. The molecule has 1 atom stereocenters. The number of fused-ring (bicyclic) bond motifs is 2. The molecule has 0 unspecified atom stereocenters. The van der Waals surface area contributed by atoms with Gasteiger partial charge in [0.1, 0.15) is 26.6 Å². The second kappa shape index (κ2) is 9.24. The van der Waals surface area contributed by atoms with Crippen LogP contribution in [0.5, 0.6) is 0 Å². The molecule has 0 aliphatic heterocycles. The molecule has 0 radical (unpaired) electrons. The zero-order chi connectivity index (χ0) is 24.7. The fourth-order valence-electron chi connectivity index (χ4n) is 4.23. The number of amides is 1. The summed E-state index contributed by atoms with van der Waals surface area (Å²) < 4.78 is 20.2. The number of hydrogen-bond donors (Lipinski definition) is 1. The maximum Gasteiger partial charge on any atom is 0.348 e. The molecule has 4 aromatic rings. The number of thiophene rings is 2. The first-order valence-electron chi connectivity index (χ1n) is 11.1. The van der Waals surface area contributed by atoms with E-state index in [9.17, 15) is 19.2 Å². The normalized spacial score (nSPS) is 15.0. The van der Waals surface area contributed by atoms with Crippen LogP contribution in [0.3, 0.4) is 0 Å². The molecule has 1 N–H and O–H groups in total. The van der Waals surface area contributed by atoms with Crippen LogP contribution in [0, 0.1) is 30.0 Å². The zero-order valence-corrected chi connectivity index (χ0v) is 20.7. The zero-order valence-electron chi connectivity index (χ0n) is 19.1. The number of rotatable bonds is 5. The molecule has 1 aliphatic rings. The fourth-order valence-corrected chi connectivity index (χ4v) is 6.68. The first-order valence-corrected chi connectivity index (χ1v) is 12.7. The number of benzene rings is 1. The number of ether oxygens (including phenoxy) is 1. The highest BCUT2D eigenvalue weighted by atomic mass is 32.1. The Hall–Kier alpha value is -3.55. The summed E-state index contributed by atoms with van der Waals surface area (Å²) in [6.45, 7) is 3.55. The number of hydrogen-bond acceptors (Lipinski definition) is 7.